The van der Waals surface area contributed by atoms with Gasteiger partial charge in [-0.2, -0.15) is 5.10 Å². The molecular weight excluding hydrogens is 228 g/mol. The molecule has 5 heteroatoms. The molecule has 16 heavy (non-hydrogen) atoms. The van der Waals surface area contributed by atoms with Crippen LogP contribution in [0, 0.1) is 6.92 Å². The van der Waals surface area contributed by atoms with Gasteiger partial charge in [0.25, 0.3) is 0 Å². The van der Waals surface area contributed by atoms with Crippen molar-refractivity contribution < 1.29 is 9.84 Å². The molecule has 1 aliphatic heterocycles. The number of aliphatic hydroxyl groups is 1. The second-order valence-corrected chi connectivity index (χ2v) is 4.74. The van der Waals surface area contributed by atoms with E-state index in [2.05, 4.69) is 5.10 Å². The van der Waals surface area contributed by atoms with Gasteiger partial charge >= 0.3 is 0 Å². The van der Waals surface area contributed by atoms with E-state index in [-0.39, 0.29) is 0 Å². The molecule has 1 atom stereocenters. The summed E-state index contributed by atoms with van der Waals surface area (Å²) < 4.78 is 7.08. The molecule has 0 aromatic carbocycles. The van der Waals surface area contributed by atoms with E-state index in [1.54, 1.807) is 0 Å². The Hall–Kier alpha value is -0.580. The Balaban J connectivity index is 2.26. The van der Waals surface area contributed by atoms with Gasteiger partial charge in [-0.05, 0) is 13.8 Å². The van der Waals surface area contributed by atoms with Gasteiger partial charge in [0.1, 0.15) is 0 Å². The molecule has 1 unspecified atom stereocenters. The largest absolute Gasteiger partial charge is 0.387 e. The summed E-state index contributed by atoms with van der Waals surface area (Å²) in [7, 11) is 0. The summed E-state index contributed by atoms with van der Waals surface area (Å²) in [6.45, 7) is 5.67. The summed E-state index contributed by atoms with van der Waals surface area (Å²) in [6, 6.07) is 0. The smallest absolute Gasteiger partial charge is 0.0957 e. The molecule has 0 radical (unpaired) electrons. The van der Waals surface area contributed by atoms with Crippen molar-refractivity contribution in [2.75, 3.05) is 13.2 Å². The third-order valence-electron chi connectivity index (χ3n) is 3.03. The molecule has 90 valence electrons. The minimum atomic E-state index is -0.775. The summed E-state index contributed by atoms with van der Waals surface area (Å²) in [5.41, 5.74) is 0.957. The summed E-state index contributed by atoms with van der Waals surface area (Å²) in [6.07, 6.45) is 1.18. The highest BCUT2D eigenvalue weighted by atomic mass is 35.5. The molecule has 1 saturated heterocycles. The Kier molecular flexibility index (Phi) is 3.24. The van der Waals surface area contributed by atoms with Crippen LogP contribution in [0.1, 0.15) is 24.7 Å². The molecule has 1 aromatic rings. The number of rotatable bonds is 3. The first-order chi connectivity index (χ1) is 7.56. The molecule has 0 aliphatic carbocycles. The third-order valence-corrected chi connectivity index (χ3v) is 3.52. The fourth-order valence-corrected chi connectivity index (χ4v) is 2.29. The zero-order chi connectivity index (χ0) is 11.8. The fourth-order valence-electron chi connectivity index (χ4n) is 2.09. The quantitative estimate of drug-likeness (QED) is 0.878. The van der Waals surface area contributed by atoms with Gasteiger partial charge in [-0.1, -0.05) is 11.6 Å². The van der Waals surface area contributed by atoms with Crippen LogP contribution >= 0.6 is 11.6 Å². The van der Waals surface area contributed by atoms with Crippen molar-refractivity contribution in [2.45, 2.75) is 38.8 Å². The van der Waals surface area contributed by atoms with Crippen LogP contribution in [0.5, 0.6) is 0 Å². The predicted molar refractivity (Wildman–Crippen MR) is 61.7 cm³/mol. The summed E-state index contributed by atoms with van der Waals surface area (Å²) in [5.74, 6) is 0. The molecule has 0 saturated carbocycles. The molecule has 2 heterocycles. The molecule has 0 spiro atoms. The predicted octanol–water partition coefficient (Wildman–Crippen LogP) is 1.56. The maximum atomic E-state index is 10.3. The van der Waals surface area contributed by atoms with Crippen LogP contribution < -0.4 is 0 Å². The second-order valence-electron chi connectivity index (χ2n) is 4.37. The Bertz CT molecular complexity index is 384. The van der Waals surface area contributed by atoms with Crippen molar-refractivity contribution in [2.24, 2.45) is 0 Å². The average molecular weight is 245 g/mol. The van der Waals surface area contributed by atoms with Gasteiger partial charge in [0.15, 0.2) is 0 Å². The number of hydrogen-bond acceptors (Lipinski definition) is 3. The van der Waals surface area contributed by atoms with E-state index in [1.165, 1.54) is 0 Å². The van der Waals surface area contributed by atoms with Crippen LogP contribution in [0.4, 0.5) is 0 Å². The lowest BCUT2D eigenvalue weighted by molar-refractivity contribution is 0.0254. The molecule has 0 amide bonds. The first kappa shape index (κ1) is 11.9. The van der Waals surface area contributed by atoms with Crippen LogP contribution in [0.25, 0.3) is 0 Å². The van der Waals surface area contributed by atoms with E-state index in [4.69, 9.17) is 16.3 Å². The lowest BCUT2D eigenvalue weighted by Crippen LogP contribution is -2.32. The van der Waals surface area contributed by atoms with Gasteiger partial charge in [-0.15, -0.1) is 0 Å². The maximum absolute atomic E-state index is 10.3. The molecule has 1 fully saturated rings. The number of nitrogens with zero attached hydrogens (tertiary/aromatic N) is 2. The lowest BCUT2D eigenvalue weighted by atomic mass is 9.97. The molecule has 1 aromatic heterocycles. The zero-order valence-electron chi connectivity index (χ0n) is 9.66. The molecule has 1 N–H and O–H groups in total. The second kappa shape index (κ2) is 4.35. The van der Waals surface area contributed by atoms with Crippen LogP contribution in [-0.2, 0) is 17.7 Å². The van der Waals surface area contributed by atoms with Crippen LogP contribution in [0.3, 0.4) is 0 Å². The summed E-state index contributed by atoms with van der Waals surface area (Å²) in [4.78, 5) is 0. The molecular formula is C11H17ClN2O2. The minimum absolute atomic E-state index is 0.386. The first-order valence-electron chi connectivity index (χ1n) is 5.57. The van der Waals surface area contributed by atoms with E-state index in [0.717, 1.165) is 17.9 Å². The Labute approximate surface area is 100 Å². The third kappa shape index (κ3) is 2.10. The van der Waals surface area contributed by atoms with Gasteiger partial charge in [0.2, 0.25) is 0 Å². The Morgan fingerprint density at radius 1 is 1.62 bits per heavy atom. The van der Waals surface area contributed by atoms with Crippen LogP contribution in [0.2, 0.25) is 5.02 Å². The van der Waals surface area contributed by atoms with Crippen molar-refractivity contribution >= 4 is 11.6 Å². The number of aromatic nitrogens is 2. The Morgan fingerprint density at radius 3 is 2.94 bits per heavy atom. The summed E-state index contributed by atoms with van der Waals surface area (Å²) >= 11 is 6.20. The van der Waals surface area contributed by atoms with Gasteiger partial charge < -0.3 is 9.84 Å². The number of aryl methyl sites for hydroxylation is 2. The fraction of sp³-hybridized carbons (Fsp3) is 0.727. The SMILES string of the molecule is CCn1nc(C)c(Cl)c1CC1(O)CCOC1. The summed E-state index contributed by atoms with van der Waals surface area (Å²) in [5, 5.41) is 15.3. The van der Waals surface area contributed by atoms with Crippen molar-refractivity contribution in [1.29, 1.82) is 0 Å². The molecule has 0 bridgehead atoms. The van der Waals surface area contributed by atoms with Gasteiger partial charge in [-0.3, -0.25) is 4.68 Å². The number of ether oxygens (including phenoxy) is 1. The normalized spacial score (nSPS) is 25.2. The highest BCUT2D eigenvalue weighted by Crippen LogP contribution is 2.28. The van der Waals surface area contributed by atoms with Gasteiger partial charge in [0.05, 0.1) is 28.6 Å². The molecule has 2 rings (SSSR count). The minimum Gasteiger partial charge on any atom is -0.387 e. The van der Waals surface area contributed by atoms with E-state index < -0.39 is 5.60 Å². The zero-order valence-corrected chi connectivity index (χ0v) is 10.4. The Morgan fingerprint density at radius 2 is 2.38 bits per heavy atom. The van der Waals surface area contributed by atoms with E-state index in [1.807, 2.05) is 18.5 Å². The van der Waals surface area contributed by atoms with E-state index >= 15 is 0 Å². The molecule has 1 aliphatic rings. The van der Waals surface area contributed by atoms with Crippen molar-refractivity contribution in [3.05, 3.63) is 16.4 Å². The van der Waals surface area contributed by atoms with E-state index in [0.29, 0.717) is 31.1 Å². The van der Waals surface area contributed by atoms with Crippen LogP contribution in [0.15, 0.2) is 0 Å². The number of halogens is 1. The monoisotopic (exact) mass is 244 g/mol. The van der Waals surface area contributed by atoms with E-state index in [9.17, 15) is 5.11 Å². The first-order valence-corrected chi connectivity index (χ1v) is 5.95. The van der Waals surface area contributed by atoms with Crippen LogP contribution in [-0.4, -0.2) is 33.7 Å². The standard InChI is InChI=1S/C11H17ClN2O2/c1-3-14-9(10(12)8(2)13-14)6-11(15)4-5-16-7-11/h15H,3-7H2,1-2H3. The average Bonchev–Trinajstić information content (AvgIpc) is 2.78. The highest BCUT2D eigenvalue weighted by molar-refractivity contribution is 6.31. The highest BCUT2D eigenvalue weighted by Gasteiger charge is 2.34. The lowest BCUT2D eigenvalue weighted by Gasteiger charge is -2.20. The van der Waals surface area contributed by atoms with Gasteiger partial charge in [-0.25, -0.2) is 0 Å². The van der Waals surface area contributed by atoms with Crippen molar-refractivity contribution in [1.82, 2.24) is 9.78 Å². The number of hydrogen-bond donors (Lipinski definition) is 1. The molecule has 4 nitrogen and oxygen atoms in total. The topological polar surface area (TPSA) is 47.3 Å². The van der Waals surface area contributed by atoms with Crippen molar-refractivity contribution in [3.8, 4) is 0 Å². The van der Waals surface area contributed by atoms with Crippen molar-refractivity contribution in [3.63, 3.8) is 0 Å². The van der Waals surface area contributed by atoms with Gasteiger partial charge in [0, 0.05) is 26.0 Å². The maximum Gasteiger partial charge on any atom is 0.0957 e.